The van der Waals surface area contributed by atoms with Gasteiger partial charge in [0.2, 0.25) is 5.88 Å². The molecule has 1 heterocycles. The van der Waals surface area contributed by atoms with Crippen molar-refractivity contribution in [1.82, 2.24) is 19.7 Å². The third-order valence-electron chi connectivity index (χ3n) is 6.96. The zero-order valence-corrected chi connectivity index (χ0v) is 23.8. The topological polar surface area (TPSA) is 90.2 Å². The van der Waals surface area contributed by atoms with Gasteiger partial charge >= 0.3 is 6.03 Å². The summed E-state index contributed by atoms with van der Waals surface area (Å²) in [7, 11) is 5.51. The number of carbonyl (C=O) groups excluding carboxylic acids is 2. The predicted octanol–water partition coefficient (Wildman–Crippen LogP) is 5.29. The van der Waals surface area contributed by atoms with Crippen LogP contribution >= 0.6 is 0 Å². The molecule has 0 aliphatic rings. The molecule has 2 N–H and O–H groups in total. The second kappa shape index (κ2) is 12.6. The molecule has 0 aliphatic carbocycles. The highest BCUT2D eigenvalue weighted by Gasteiger charge is 2.25. The monoisotopic (exact) mass is 539 g/mol. The van der Waals surface area contributed by atoms with Crippen molar-refractivity contribution in [3.8, 4) is 5.88 Å². The van der Waals surface area contributed by atoms with E-state index in [9.17, 15) is 14.7 Å². The molecule has 0 aliphatic heterocycles. The molecule has 0 atom stereocenters. The van der Waals surface area contributed by atoms with Crippen LogP contribution < -0.4 is 5.32 Å². The Kier molecular flexibility index (Phi) is 9.01. The van der Waals surface area contributed by atoms with E-state index in [0.29, 0.717) is 46.5 Å². The van der Waals surface area contributed by atoms with Gasteiger partial charge in [0, 0.05) is 43.2 Å². The Morgan fingerprint density at radius 1 is 0.925 bits per heavy atom. The number of fused-ring (bicyclic) bond motifs is 1. The lowest BCUT2D eigenvalue weighted by atomic mass is 9.99. The lowest BCUT2D eigenvalue weighted by molar-refractivity contribution is 0.0754. The highest BCUT2D eigenvalue weighted by molar-refractivity contribution is 6.23. The van der Waals surface area contributed by atoms with Crippen LogP contribution in [0.15, 0.2) is 77.8 Å². The first kappa shape index (κ1) is 28.6. The van der Waals surface area contributed by atoms with Gasteiger partial charge in [0.05, 0.1) is 22.5 Å². The predicted molar refractivity (Wildman–Crippen MR) is 161 cm³/mol. The molecular formula is C32H37N5O3. The minimum Gasteiger partial charge on any atom is -0.494 e. The Hall–Kier alpha value is -4.43. The zero-order valence-electron chi connectivity index (χ0n) is 23.8. The van der Waals surface area contributed by atoms with Gasteiger partial charge in [-0.2, -0.15) is 0 Å². The lowest BCUT2D eigenvalue weighted by Gasteiger charge is -2.23. The Labute approximate surface area is 235 Å². The normalized spacial score (nSPS) is 11.7. The average Bonchev–Trinajstić information content (AvgIpc) is 3.26. The first-order chi connectivity index (χ1) is 19.3. The van der Waals surface area contributed by atoms with E-state index in [1.54, 1.807) is 24.3 Å². The largest absolute Gasteiger partial charge is 0.494 e. The van der Waals surface area contributed by atoms with Crippen LogP contribution in [0.25, 0.3) is 10.9 Å². The molecule has 4 aromatic rings. The molecule has 208 valence electrons. The molecule has 8 heteroatoms. The fourth-order valence-corrected chi connectivity index (χ4v) is 4.67. The summed E-state index contributed by atoms with van der Waals surface area (Å²) in [4.78, 5) is 34.8. The second-order valence-corrected chi connectivity index (χ2v) is 9.86. The van der Waals surface area contributed by atoms with E-state index < -0.39 is 6.03 Å². The molecule has 2 amide bonds. The van der Waals surface area contributed by atoms with Crippen molar-refractivity contribution in [2.75, 3.05) is 40.8 Å². The van der Waals surface area contributed by atoms with Crippen LogP contribution in [0.3, 0.4) is 0 Å². The van der Waals surface area contributed by atoms with E-state index in [1.807, 2.05) is 81.4 Å². The number of benzene rings is 3. The molecule has 40 heavy (non-hydrogen) atoms. The van der Waals surface area contributed by atoms with Gasteiger partial charge in [-0.15, -0.1) is 0 Å². The Bertz CT molecular complexity index is 1520. The van der Waals surface area contributed by atoms with E-state index in [4.69, 9.17) is 4.99 Å². The van der Waals surface area contributed by atoms with Gasteiger partial charge in [-0.3, -0.25) is 4.79 Å². The van der Waals surface area contributed by atoms with E-state index in [0.717, 1.165) is 24.1 Å². The van der Waals surface area contributed by atoms with Crippen LogP contribution in [-0.4, -0.2) is 77.9 Å². The molecule has 0 saturated heterocycles. The lowest BCUT2D eigenvalue weighted by Crippen LogP contribution is -2.36. The number of carbonyl (C=O) groups is 2. The second-order valence-electron chi connectivity index (χ2n) is 9.86. The molecule has 0 spiro atoms. The quantitative estimate of drug-likeness (QED) is 0.283. The van der Waals surface area contributed by atoms with Gasteiger partial charge in [-0.1, -0.05) is 49.4 Å². The van der Waals surface area contributed by atoms with Gasteiger partial charge < -0.3 is 20.2 Å². The summed E-state index contributed by atoms with van der Waals surface area (Å²) in [6.07, 6.45) is 0.792. The number of aryl methyl sites for hydroxylation is 1. The molecule has 4 rings (SSSR count). The van der Waals surface area contributed by atoms with Gasteiger partial charge in [0.1, 0.15) is 0 Å². The Balaban J connectivity index is 1.83. The molecule has 0 bridgehead atoms. The van der Waals surface area contributed by atoms with E-state index in [1.165, 1.54) is 11.6 Å². The minimum atomic E-state index is -0.438. The summed E-state index contributed by atoms with van der Waals surface area (Å²) in [5, 5.41) is 14.8. The van der Waals surface area contributed by atoms with Crippen LogP contribution in [0.1, 0.15) is 40.9 Å². The van der Waals surface area contributed by atoms with Crippen LogP contribution in [0.2, 0.25) is 0 Å². The maximum absolute atomic E-state index is 13.1. The van der Waals surface area contributed by atoms with Crippen molar-refractivity contribution in [1.29, 1.82) is 0 Å². The van der Waals surface area contributed by atoms with Crippen LogP contribution in [-0.2, 0) is 6.42 Å². The minimum absolute atomic E-state index is 0.0267. The van der Waals surface area contributed by atoms with E-state index in [-0.39, 0.29) is 11.8 Å². The first-order valence-corrected chi connectivity index (χ1v) is 13.6. The number of hydrogen-bond donors (Lipinski definition) is 2. The molecule has 0 saturated carbocycles. The summed E-state index contributed by atoms with van der Waals surface area (Å²) in [6, 6.07) is 22.2. The van der Waals surface area contributed by atoms with Crippen LogP contribution in [0.5, 0.6) is 5.88 Å². The maximum Gasteiger partial charge on any atom is 0.328 e. The molecule has 0 fully saturated rings. The number of aromatic hydroxyl groups is 1. The number of aliphatic imine (C=N–C) groups is 1. The van der Waals surface area contributed by atoms with Gasteiger partial charge in [0.25, 0.3) is 5.91 Å². The van der Waals surface area contributed by atoms with Crippen molar-refractivity contribution in [3.63, 3.8) is 0 Å². The molecule has 0 unspecified atom stereocenters. The number of rotatable bonds is 9. The van der Waals surface area contributed by atoms with Crippen molar-refractivity contribution < 1.29 is 14.7 Å². The van der Waals surface area contributed by atoms with E-state index in [2.05, 4.69) is 10.2 Å². The number of amides is 2. The standard InChI is InChI=1S/C32H37N5O3/c1-6-22-13-18-26-27(21-22)37(32(40)33-3)31(39)28(26)29(23-11-9-8-10-12-23)34-25-16-14-24(15-17-25)30(38)36(7-2)20-19-35(4)5/h8-18,21,39H,6-7,19-20H2,1-5H3,(H,33,40). The number of likely N-dealkylation sites (N-methyl/N-ethyl adjacent to an activating group) is 2. The van der Waals surface area contributed by atoms with Crippen molar-refractivity contribution in [2.24, 2.45) is 4.99 Å². The van der Waals surface area contributed by atoms with Crippen molar-refractivity contribution >= 4 is 34.2 Å². The Morgan fingerprint density at radius 2 is 1.62 bits per heavy atom. The Morgan fingerprint density at radius 3 is 2.23 bits per heavy atom. The molecule has 1 aromatic heterocycles. The summed E-state index contributed by atoms with van der Waals surface area (Å²) in [5.74, 6) is -0.210. The third-order valence-corrected chi connectivity index (χ3v) is 6.96. The smallest absolute Gasteiger partial charge is 0.328 e. The number of nitrogens with one attached hydrogen (secondary N) is 1. The number of aromatic nitrogens is 1. The van der Waals surface area contributed by atoms with Crippen molar-refractivity contribution in [3.05, 3.63) is 95.1 Å². The third kappa shape index (κ3) is 5.92. The maximum atomic E-state index is 13.1. The fourth-order valence-electron chi connectivity index (χ4n) is 4.67. The first-order valence-electron chi connectivity index (χ1n) is 13.6. The summed E-state index contributed by atoms with van der Waals surface area (Å²) >= 11 is 0. The zero-order chi connectivity index (χ0) is 28.8. The van der Waals surface area contributed by atoms with Crippen LogP contribution in [0.4, 0.5) is 10.5 Å². The van der Waals surface area contributed by atoms with E-state index >= 15 is 0 Å². The highest BCUT2D eigenvalue weighted by atomic mass is 16.3. The van der Waals surface area contributed by atoms with Gasteiger partial charge in [-0.05, 0) is 63.3 Å². The molecular weight excluding hydrogens is 502 g/mol. The van der Waals surface area contributed by atoms with Crippen molar-refractivity contribution in [2.45, 2.75) is 20.3 Å². The van der Waals surface area contributed by atoms with Gasteiger partial charge in [-0.25, -0.2) is 14.4 Å². The molecule has 0 radical (unpaired) electrons. The van der Waals surface area contributed by atoms with Crippen LogP contribution in [0, 0.1) is 0 Å². The number of hydrogen-bond acceptors (Lipinski definition) is 5. The van der Waals surface area contributed by atoms with Gasteiger partial charge in [0.15, 0.2) is 0 Å². The molecule has 8 nitrogen and oxygen atoms in total. The fraction of sp³-hybridized carbons (Fsp3) is 0.281. The molecule has 3 aromatic carbocycles. The average molecular weight is 540 g/mol. The highest BCUT2D eigenvalue weighted by Crippen LogP contribution is 2.35. The summed E-state index contributed by atoms with van der Waals surface area (Å²) < 4.78 is 1.29. The summed E-state index contributed by atoms with van der Waals surface area (Å²) in [5.41, 5.74) is 4.64. The number of nitrogens with zero attached hydrogens (tertiary/aromatic N) is 4. The SMILES string of the molecule is CCc1ccc2c(C(=Nc3ccc(C(=O)N(CC)CCN(C)C)cc3)c3ccccc3)c(O)n(C(=O)NC)c2c1. The summed E-state index contributed by atoms with van der Waals surface area (Å²) in [6.45, 7) is 6.08.